The summed E-state index contributed by atoms with van der Waals surface area (Å²) in [7, 11) is 1.72. The Hall–Kier alpha value is -3.82. The third-order valence-corrected chi connectivity index (χ3v) is 5.75. The molecule has 2 aliphatic heterocycles. The lowest BCUT2D eigenvalue weighted by molar-refractivity contribution is 0.0866. The number of aromatic nitrogens is 4. The van der Waals surface area contributed by atoms with Crippen molar-refractivity contribution in [1.29, 1.82) is 0 Å². The molecule has 0 atom stereocenters. The number of anilines is 3. The van der Waals surface area contributed by atoms with Crippen LogP contribution in [0.15, 0.2) is 41.7 Å². The molecular formula is C23H25FN8O. The van der Waals surface area contributed by atoms with Gasteiger partial charge in [0.15, 0.2) is 5.82 Å². The number of aliphatic imine (C=N–C) groups is 1. The van der Waals surface area contributed by atoms with E-state index in [1.165, 1.54) is 12.1 Å². The predicted octanol–water partition coefficient (Wildman–Crippen LogP) is 3.15. The number of aryl methyl sites for hydroxylation is 3. The summed E-state index contributed by atoms with van der Waals surface area (Å²) in [5, 5.41) is 8.12. The van der Waals surface area contributed by atoms with Crippen molar-refractivity contribution in [3.05, 3.63) is 59.4 Å². The first-order chi connectivity index (χ1) is 15.7. The number of halogens is 1. The molecule has 0 unspecified atom stereocenters. The largest absolute Gasteiger partial charge is 0.340 e. The summed E-state index contributed by atoms with van der Waals surface area (Å²) in [5.41, 5.74) is 1.77. The second-order valence-corrected chi connectivity index (χ2v) is 8.97. The molecule has 0 radical (unpaired) electrons. The maximum atomic E-state index is 13.5. The molecule has 0 fully saturated rings. The van der Waals surface area contributed by atoms with Crippen molar-refractivity contribution in [1.82, 2.24) is 24.6 Å². The zero-order chi connectivity index (χ0) is 23.3. The fraction of sp³-hybridized carbons (Fsp3) is 0.348. The molecule has 0 saturated carbocycles. The number of hydrogen-bond donors (Lipinski definition) is 1. The SMILES string of the molecule is Cc1ncc(CCn2nc3c(c2Nc2ccc(F)cc2)C(=O)N(C)C2=NC(C)(C)CN23)cn1. The zero-order valence-electron chi connectivity index (χ0n) is 19.0. The Morgan fingerprint density at radius 2 is 1.85 bits per heavy atom. The van der Waals surface area contributed by atoms with E-state index in [2.05, 4.69) is 15.3 Å². The minimum absolute atomic E-state index is 0.188. The molecule has 1 aromatic carbocycles. The van der Waals surface area contributed by atoms with Gasteiger partial charge in [0.05, 0.1) is 12.1 Å². The van der Waals surface area contributed by atoms with Gasteiger partial charge < -0.3 is 5.32 Å². The third-order valence-electron chi connectivity index (χ3n) is 5.75. The monoisotopic (exact) mass is 448 g/mol. The van der Waals surface area contributed by atoms with Crippen molar-refractivity contribution in [2.24, 2.45) is 4.99 Å². The van der Waals surface area contributed by atoms with Crippen molar-refractivity contribution in [2.45, 2.75) is 39.3 Å². The molecule has 170 valence electrons. The van der Waals surface area contributed by atoms with Crippen molar-refractivity contribution >= 4 is 29.2 Å². The van der Waals surface area contributed by atoms with Crippen LogP contribution in [-0.2, 0) is 13.0 Å². The van der Waals surface area contributed by atoms with Crippen molar-refractivity contribution in [3.8, 4) is 0 Å². The quantitative estimate of drug-likeness (QED) is 0.645. The van der Waals surface area contributed by atoms with Gasteiger partial charge >= 0.3 is 0 Å². The Bertz CT molecular complexity index is 1250. The molecule has 0 bridgehead atoms. The van der Waals surface area contributed by atoms with Crippen LogP contribution in [0.4, 0.5) is 21.7 Å². The van der Waals surface area contributed by atoms with Gasteiger partial charge in [0, 0.05) is 31.7 Å². The summed E-state index contributed by atoms with van der Waals surface area (Å²) >= 11 is 0. The molecule has 0 spiro atoms. The molecule has 33 heavy (non-hydrogen) atoms. The van der Waals surface area contributed by atoms with Gasteiger partial charge in [-0.3, -0.25) is 14.6 Å². The smallest absolute Gasteiger partial charge is 0.267 e. The topological polar surface area (TPSA) is 91.5 Å². The number of carbonyl (C=O) groups excluding carboxylic acids is 1. The van der Waals surface area contributed by atoms with E-state index in [9.17, 15) is 9.18 Å². The Morgan fingerprint density at radius 1 is 1.15 bits per heavy atom. The number of carbonyl (C=O) groups is 1. The van der Waals surface area contributed by atoms with Gasteiger partial charge in [0.1, 0.15) is 23.0 Å². The second kappa shape index (κ2) is 7.65. The van der Waals surface area contributed by atoms with Crippen LogP contribution in [0.5, 0.6) is 0 Å². The number of benzene rings is 1. The van der Waals surface area contributed by atoms with E-state index >= 15 is 0 Å². The predicted molar refractivity (Wildman–Crippen MR) is 123 cm³/mol. The van der Waals surface area contributed by atoms with Gasteiger partial charge in [-0.1, -0.05) is 0 Å². The van der Waals surface area contributed by atoms with Crippen LogP contribution in [0.1, 0.15) is 35.6 Å². The molecule has 3 aromatic rings. The number of fused-ring (bicyclic) bond motifs is 3. The molecule has 0 aliphatic carbocycles. The number of hydrogen-bond acceptors (Lipinski definition) is 7. The lowest BCUT2D eigenvalue weighted by Crippen LogP contribution is -2.48. The van der Waals surface area contributed by atoms with Crippen LogP contribution < -0.4 is 10.2 Å². The Balaban J connectivity index is 1.56. The zero-order valence-corrected chi connectivity index (χ0v) is 19.0. The molecule has 0 saturated heterocycles. The van der Waals surface area contributed by atoms with Crippen LogP contribution in [0.2, 0.25) is 0 Å². The van der Waals surface area contributed by atoms with Crippen LogP contribution in [-0.4, -0.2) is 55.6 Å². The van der Waals surface area contributed by atoms with Crippen molar-refractivity contribution < 1.29 is 9.18 Å². The van der Waals surface area contributed by atoms with Gasteiger partial charge in [0.2, 0.25) is 5.96 Å². The molecule has 1 amide bonds. The molecular weight excluding hydrogens is 423 g/mol. The first-order valence-corrected chi connectivity index (χ1v) is 10.8. The molecule has 2 aromatic heterocycles. The van der Waals surface area contributed by atoms with Crippen molar-refractivity contribution in [2.75, 3.05) is 23.8 Å². The number of amides is 1. The second-order valence-electron chi connectivity index (χ2n) is 8.97. The highest BCUT2D eigenvalue weighted by Crippen LogP contribution is 2.38. The molecule has 9 nitrogen and oxygen atoms in total. The normalized spacial score (nSPS) is 16.5. The number of guanidine groups is 1. The maximum Gasteiger partial charge on any atom is 0.267 e. The average molecular weight is 449 g/mol. The summed E-state index contributed by atoms with van der Waals surface area (Å²) in [6.45, 7) is 7.02. The van der Waals surface area contributed by atoms with Gasteiger partial charge in [-0.05, 0) is 57.0 Å². The van der Waals surface area contributed by atoms with E-state index in [4.69, 9.17) is 10.1 Å². The molecule has 1 N–H and O–H groups in total. The van der Waals surface area contributed by atoms with E-state index in [1.807, 2.05) is 25.7 Å². The summed E-state index contributed by atoms with van der Waals surface area (Å²) < 4.78 is 15.2. The van der Waals surface area contributed by atoms with Crippen LogP contribution >= 0.6 is 0 Å². The summed E-state index contributed by atoms with van der Waals surface area (Å²) in [5.74, 6) is 1.93. The molecule has 4 heterocycles. The van der Waals surface area contributed by atoms with Gasteiger partial charge in [-0.15, -0.1) is 0 Å². The lowest BCUT2D eigenvalue weighted by Gasteiger charge is -2.30. The number of rotatable bonds is 5. The lowest BCUT2D eigenvalue weighted by atomic mass is 10.1. The van der Waals surface area contributed by atoms with Crippen LogP contribution in [0.25, 0.3) is 0 Å². The van der Waals surface area contributed by atoms with Crippen molar-refractivity contribution in [3.63, 3.8) is 0 Å². The highest BCUT2D eigenvalue weighted by Gasteiger charge is 2.45. The maximum absolute atomic E-state index is 13.5. The van der Waals surface area contributed by atoms with E-state index in [1.54, 1.807) is 41.2 Å². The Kier molecular flexibility index (Phi) is 4.88. The highest BCUT2D eigenvalue weighted by atomic mass is 19.1. The molecule has 10 heteroatoms. The van der Waals surface area contributed by atoms with Gasteiger partial charge in [0.25, 0.3) is 5.91 Å². The fourth-order valence-corrected chi connectivity index (χ4v) is 4.09. The van der Waals surface area contributed by atoms with E-state index < -0.39 is 0 Å². The highest BCUT2D eigenvalue weighted by molar-refractivity contribution is 6.20. The standard InChI is InChI=1S/C23H25FN8O/c1-14-25-11-15(12-26-14)9-10-32-19(27-17-7-5-16(24)6-8-17)18-20(29-32)31-13-23(2,3)28-22(31)30(4)21(18)33/h5-8,11-12,27H,9-10,13H2,1-4H3. The van der Waals surface area contributed by atoms with Gasteiger partial charge in [-0.25, -0.2) is 24.0 Å². The summed E-state index contributed by atoms with van der Waals surface area (Å²) in [6.07, 6.45) is 4.23. The molecule has 2 aliphatic rings. The summed E-state index contributed by atoms with van der Waals surface area (Å²) in [6, 6.07) is 6.02. The molecule has 5 rings (SSSR count). The van der Waals surface area contributed by atoms with Crippen LogP contribution in [0.3, 0.4) is 0 Å². The van der Waals surface area contributed by atoms with E-state index in [0.29, 0.717) is 54.2 Å². The first kappa shape index (κ1) is 21.0. The average Bonchev–Trinajstić information content (AvgIpc) is 3.30. The van der Waals surface area contributed by atoms with Crippen LogP contribution in [0, 0.1) is 12.7 Å². The Labute approximate surface area is 191 Å². The fourth-order valence-electron chi connectivity index (χ4n) is 4.09. The first-order valence-electron chi connectivity index (χ1n) is 10.8. The van der Waals surface area contributed by atoms with Gasteiger partial charge in [-0.2, -0.15) is 5.10 Å². The third kappa shape index (κ3) is 3.81. The summed E-state index contributed by atoms with van der Waals surface area (Å²) in [4.78, 5) is 30.2. The number of nitrogens with one attached hydrogen (secondary N) is 1. The minimum atomic E-state index is -0.334. The van der Waals surface area contributed by atoms with E-state index in [0.717, 1.165) is 5.56 Å². The van der Waals surface area contributed by atoms with E-state index in [-0.39, 0.29) is 17.3 Å². The minimum Gasteiger partial charge on any atom is -0.340 e. The number of nitrogens with zero attached hydrogens (tertiary/aromatic N) is 7. The Morgan fingerprint density at radius 3 is 2.55 bits per heavy atom.